The minimum Gasteiger partial charge on any atom is -0.102 e. The Hall–Kier alpha value is 1.16. The molecular formula is Cl2O2Re. The van der Waals surface area contributed by atoms with Gasteiger partial charge in [0, 0.05) is 20.4 Å². The van der Waals surface area contributed by atoms with E-state index in [4.69, 9.17) is 0 Å². The quantitative estimate of drug-likeness (QED) is 0.534. The van der Waals surface area contributed by atoms with Crippen LogP contribution in [0.2, 0.25) is 0 Å². The molecule has 5 heteroatoms. The molecular weight excluding hydrogens is 289 g/mol. The molecule has 0 aliphatic carbocycles. The molecule has 2 nitrogen and oxygen atoms in total. The van der Waals surface area contributed by atoms with Gasteiger partial charge < -0.3 is 0 Å². The van der Waals surface area contributed by atoms with Crippen molar-refractivity contribution in [2.24, 2.45) is 0 Å². The summed E-state index contributed by atoms with van der Waals surface area (Å²) in [6.07, 6.45) is 0. The zero-order valence-electron chi connectivity index (χ0n) is 1.95. The van der Waals surface area contributed by atoms with Crippen molar-refractivity contribution in [3.05, 3.63) is 0 Å². The van der Waals surface area contributed by atoms with Crippen LogP contribution in [0.25, 0.3) is 0 Å². The van der Waals surface area contributed by atoms with Crippen LogP contribution in [0, 0.1) is 0 Å². The molecule has 0 N–H and O–H groups in total. The number of hydrogen-bond acceptors (Lipinski definition) is 2. The van der Waals surface area contributed by atoms with Crippen molar-refractivity contribution in [2.75, 3.05) is 0 Å². The van der Waals surface area contributed by atoms with Gasteiger partial charge in [-0.1, -0.05) is 0 Å². The predicted octanol–water partition coefficient (Wildman–Crippen LogP) is 1.24. The molecule has 0 unspecified atom stereocenters. The van der Waals surface area contributed by atoms with Crippen LogP contribution in [0.4, 0.5) is 0 Å². The summed E-state index contributed by atoms with van der Waals surface area (Å²) >= 11 is 8.66. The molecule has 1 radical (unpaired) electrons. The fraction of sp³-hybridized carbons (Fsp3) is 0. The Balaban J connectivity index is 0. The molecule has 0 aliphatic rings. The molecule has 0 aromatic heterocycles. The van der Waals surface area contributed by atoms with E-state index >= 15 is 0 Å². The molecule has 33 valence electrons. The molecule has 0 aromatic carbocycles. The number of rotatable bonds is 1. The first kappa shape index (κ1) is 9.48. The Morgan fingerprint density at radius 2 is 1.20 bits per heavy atom. The third-order valence-electron chi connectivity index (χ3n) is 0.0238. The average molecular weight is 289 g/mol. The normalized spacial score (nSPS) is 6.00. The van der Waals surface area contributed by atoms with Crippen LogP contribution in [0.3, 0.4) is 0 Å². The molecule has 0 aliphatic heterocycles. The van der Waals surface area contributed by atoms with Crippen LogP contribution < -0.4 is 0 Å². The monoisotopic (exact) mass is 289 g/mol. The Bertz CT molecular complexity index is 9.61. The fourth-order valence-electron chi connectivity index (χ4n) is 0. The summed E-state index contributed by atoms with van der Waals surface area (Å²) in [6.45, 7) is 0. The van der Waals surface area contributed by atoms with Crippen LogP contribution in [-0.2, 0) is 29.3 Å². The second kappa shape index (κ2) is 8.94. The van der Waals surface area contributed by atoms with E-state index in [1.165, 1.54) is 0 Å². The maximum absolute atomic E-state index is 4.33. The van der Waals surface area contributed by atoms with Gasteiger partial charge in [-0.05, 0) is 0 Å². The summed E-state index contributed by atoms with van der Waals surface area (Å²) in [5.74, 6) is 0. The smallest absolute Gasteiger partial charge is 0.102 e. The third kappa shape index (κ3) is 11.0. The molecule has 0 atom stereocenters. The fourth-order valence-corrected chi connectivity index (χ4v) is 0. The van der Waals surface area contributed by atoms with E-state index in [9.17, 15) is 0 Å². The van der Waals surface area contributed by atoms with Gasteiger partial charge in [0.1, 0.15) is 23.7 Å². The maximum atomic E-state index is 4.33. The first-order valence-corrected chi connectivity index (χ1v) is 1.09. The summed E-state index contributed by atoms with van der Waals surface area (Å²) in [7, 11) is 0. The summed E-state index contributed by atoms with van der Waals surface area (Å²) in [4.78, 5) is 0. The van der Waals surface area contributed by atoms with Gasteiger partial charge >= 0.3 is 0 Å². The van der Waals surface area contributed by atoms with Crippen molar-refractivity contribution in [2.45, 2.75) is 0 Å². The Kier molecular flexibility index (Phi) is 17.0. The molecule has 0 aromatic rings. The van der Waals surface area contributed by atoms with Crippen LogP contribution in [0.5, 0.6) is 0 Å². The predicted molar refractivity (Wildman–Crippen MR) is 13.9 cm³/mol. The van der Waals surface area contributed by atoms with E-state index in [-0.39, 0.29) is 20.4 Å². The first-order valence-electron chi connectivity index (χ1n) is 0.475. The van der Waals surface area contributed by atoms with E-state index in [1.807, 2.05) is 0 Å². The molecule has 5 heavy (non-hydrogen) atoms. The van der Waals surface area contributed by atoms with E-state index in [0.717, 1.165) is 0 Å². The van der Waals surface area contributed by atoms with E-state index in [1.54, 1.807) is 0 Å². The molecule has 0 saturated heterocycles. The van der Waals surface area contributed by atoms with Gasteiger partial charge in [0.2, 0.25) is 0 Å². The molecule has 0 bridgehead atoms. The summed E-state index contributed by atoms with van der Waals surface area (Å²) < 4.78 is 6.56. The third-order valence-corrected chi connectivity index (χ3v) is 0.214. The molecule has 0 spiro atoms. The second-order valence-corrected chi connectivity index (χ2v) is 0.378. The van der Waals surface area contributed by atoms with E-state index in [2.05, 4.69) is 32.6 Å². The Morgan fingerprint density at radius 3 is 1.20 bits per heavy atom. The molecule has 0 fully saturated rings. The van der Waals surface area contributed by atoms with Gasteiger partial charge in [-0.25, -0.2) is 0 Å². The van der Waals surface area contributed by atoms with Gasteiger partial charge in [-0.3, -0.25) is 0 Å². The van der Waals surface area contributed by atoms with E-state index in [0.29, 0.717) is 0 Å². The molecule has 0 rings (SSSR count). The Labute approximate surface area is 53.3 Å². The summed E-state index contributed by atoms with van der Waals surface area (Å²) in [5, 5.41) is 0. The van der Waals surface area contributed by atoms with Crippen molar-refractivity contribution in [1.82, 2.24) is 0 Å². The van der Waals surface area contributed by atoms with Crippen molar-refractivity contribution < 1.29 is 29.3 Å². The second-order valence-electron chi connectivity index (χ2n) is 0.126. The number of halogens is 2. The maximum Gasteiger partial charge on any atom is 0.102 e. The van der Waals surface area contributed by atoms with Crippen LogP contribution in [-0.4, -0.2) is 0 Å². The van der Waals surface area contributed by atoms with Gasteiger partial charge in [-0.15, -0.1) is 8.88 Å². The zero-order chi connectivity index (χ0) is 3.41. The van der Waals surface area contributed by atoms with Crippen molar-refractivity contribution in [3.8, 4) is 0 Å². The molecule has 0 saturated carbocycles. The average Bonchev–Trinajstić information content (AvgIpc) is 1.37. The molecule has 0 amide bonds. The summed E-state index contributed by atoms with van der Waals surface area (Å²) in [5.41, 5.74) is 0. The standard InChI is InChI=1S/Cl2O2.Re/c1-3-4-2;. The minimum absolute atomic E-state index is 0. The molecule has 0 heterocycles. The van der Waals surface area contributed by atoms with Crippen LogP contribution >= 0.6 is 23.7 Å². The van der Waals surface area contributed by atoms with Gasteiger partial charge in [0.15, 0.2) is 0 Å². The van der Waals surface area contributed by atoms with E-state index < -0.39 is 0 Å². The van der Waals surface area contributed by atoms with Crippen LogP contribution in [0.15, 0.2) is 0 Å². The van der Waals surface area contributed by atoms with Crippen molar-refractivity contribution in [3.63, 3.8) is 0 Å². The minimum atomic E-state index is 0. The van der Waals surface area contributed by atoms with Crippen molar-refractivity contribution >= 4 is 23.7 Å². The van der Waals surface area contributed by atoms with Gasteiger partial charge in [-0.2, -0.15) is 0 Å². The summed E-state index contributed by atoms with van der Waals surface area (Å²) in [6, 6.07) is 0. The topological polar surface area (TPSA) is 18.5 Å². The SMILES string of the molecule is ClOOCl.[Re]. The first-order chi connectivity index (χ1) is 1.91. The van der Waals surface area contributed by atoms with Crippen LogP contribution in [0.1, 0.15) is 0 Å². The van der Waals surface area contributed by atoms with Gasteiger partial charge in [0.05, 0.1) is 0 Å². The number of hydrogen-bond donors (Lipinski definition) is 0. The van der Waals surface area contributed by atoms with Gasteiger partial charge in [0.25, 0.3) is 0 Å². The Morgan fingerprint density at radius 1 is 1.00 bits per heavy atom. The van der Waals surface area contributed by atoms with Crippen molar-refractivity contribution in [1.29, 1.82) is 0 Å². The zero-order valence-corrected chi connectivity index (χ0v) is 6.18. The largest absolute Gasteiger partial charge is 0.102 e.